The molecule has 0 fully saturated rings. The number of nitrogens with one attached hydrogen (secondary N) is 1. The third-order valence-corrected chi connectivity index (χ3v) is 2.53. The van der Waals surface area contributed by atoms with E-state index in [4.69, 9.17) is 11.6 Å². The molecule has 0 saturated heterocycles. The highest BCUT2D eigenvalue weighted by atomic mass is 35.5. The van der Waals surface area contributed by atoms with Crippen molar-refractivity contribution in [2.75, 3.05) is 13.6 Å². The molecule has 14 heavy (non-hydrogen) atoms. The number of aliphatic hydroxyl groups is 1. The minimum absolute atomic E-state index is 0.0109. The van der Waals surface area contributed by atoms with Crippen molar-refractivity contribution >= 4 is 11.6 Å². The lowest BCUT2D eigenvalue weighted by Gasteiger charge is -2.12. The first-order valence-electron chi connectivity index (χ1n) is 4.38. The Morgan fingerprint density at radius 3 is 2.64 bits per heavy atom. The number of halogens is 1. The molecule has 1 aromatic carbocycles. The average Bonchev–Trinajstić information content (AvgIpc) is 2.13. The number of benzene rings is 1. The highest BCUT2D eigenvalue weighted by Crippen LogP contribution is 2.30. The molecule has 0 saturated carbocycles. The monoisotopic (exact) mass is 215 g/mol. The Kier molecular flexibility index (Phi) is 3.75. The van der Waals surface area contributed by atoms with Gasteiger partial charge in [0.05, 0.1) is 11.1 Å². The van der Waals surface area contributed by atoms with Gasteiger partial charge in [-0.25, -0.2) is 0 Å². The SMILES string of the molecule is CNCC(O)c1cc(C)c(Cl)c(O)c1. The largest absolute Gasteiger partial charge is 0.506 e. The summed E-state index contributed by atoms with van der Waals surface area (Å²) in [6, 6.07) is 3.25. The van der Waals surface area contributed by atoms with E-state index in [0.717, 1.165) is 5.56 Å². The number of likely N-dealkylation sites (N-methyl/N-ethyl adjacent to an activating group) is 1. The third kappa shape index (κ3) is 2.38. The Morgan fingerprint density at radius 1 is 1.50 bits per heavy atom. The Morgan fingerprint density at radius 2 is 2.14 bits per heavy atom. The minimum Gasteiger partial charge on any atom is -0.506 e. The number of aromatic hydroxyl groups is 1. The molecular weight excluding hydrogens is 202 g/mol. The van der Waals surface area contributed by atoms with Crippen LogP contribution in [-0.2, 0) is 0 Å². The van der Waals surface area contributed by atoms with Gasteiger partial charge in [-0.05, 0) is 31.2 Å². The quantitative estimate of drug-likeness (QED) is 0.718. The van der Waals surface area contributed by atoms with Gasteiger partial charge in [0.25, 0.3) is 0 Å². The topological polar surface area (TPSA) is 52.5 Å². The molecule has 3 nitrogen and oxygen atoms in total. The molecule has 3 N–H and O–H groups in total. The molecule has 0 aliphatic heterocycles. The van der Waals surface area contributed by atoms with Crippen molar-refractivity contribution in [2.24, 2.45) is 0 Å². The normalized spacial score (nSPS) is 12.9. The van der Waals surface area contributed by atoms with E-state index in [9.17, 15) is 10.2 Å². The summed E-state index contributed by atoms with van der Waals surface area (Å²) in [6.07, 6.45) is -0.623. The number of phenolic OH excluding ortho intramolecular Hbond substituents is 1. The van der Waals surface area contributed by atoms with E-state index in [-0.39, 0.29) is 5.75 Å². The zero-order valence-electron chi connectivity index (χ0n) is 8.21. The maximum absolute atomic E-state index is 9.64. The first kappa shape index (κ1) is 11.3. The van der Waals surface area contributed by atoms with Gasteiger partial charge in [-0.3, -0.25) is 0 Å². The van der Waals surface area contributed by atoms with Gasteiger partial charge in [-0.15, -0.1) is 0 Å². The first-order valence-corrected chi connectivity index (χ1v) is 4.75. The van der Waals surface area contributed by atoms with Gasteiger partial charge in [-0.2, -0.15) is 0 Å². The van der Waals surface area contributed by atoms with Crippen molar-refractivity contribution in [3.05, 3.63) is 28.3 Å². The second kappa shape index (κ2) is 4.64. The summed E-state index contributed by atoms with van der Waals surface area (Å²) in [6.45, 7) is 2.23. The molecule has 1 atom stereocenters. The summed E-state index contributed by atoms with van der Waals surface area (Å²) in [5.41, 5.74) is 1.43. The van der Waals surface area contributed by atoms with Crippen molar-refractivity contribution in [1.29, 1.82) is 0 Å². The van der Waals surface area contributed by atoms with Crippen LogP contribution in [0, 0.1) is 6.92 Å². The Labute approximate surface area is 88.3 Å². The lowest BCUT2D eigenvalue weighted by Crippen LogP contribution is -2.16. The van der Waals surface area contributed by atoms with Crippen LogP contribution < -0.4 is 5.32 Å². The molecule has 1 unspecified atom stereocenters. The molecule has 0 aromatic heterocycles. The maximum Gasteiger partial charge on any atom is 0.134 e. The molecule has 0 radical (unpaired) electrons. The molecule has 0 aliphatic carbocycles. The van der Waals surface area contributed by atoms with Crippen LogP contribution in [-0.4, -0.2) is 23.8 Å². The molecule has 4 heteroatoms. The van der Waals surface area contributed by atoms with Crippen molar-refractivity contribution in [3.63, 3.8) is 0 Å². The lowest BCUT2D eigenvalue weighted by molar-refractivity contribution is 0.177. The minimum atomic E-state index is -0.623. The van der Waals surface area contributed by atoms with Crippen LogP contribution in [0.3, 0.4) is 0 Å². The van der Waals surface area contributed by atoms with Crippen LogP contribution in [0.5, 0.6) is 5.75 Å². The fourth-order valence-corrected chi connectivity index (χ4v) is 1.39. The van der Waals surface area contributed by atoms with Crippen LogP contribution in [0.15, 0.2) is 12.1 Å². The molecular formula is C10H14ClNO2. The predicted molar refractivity (Wildman–Crippen MR) is 56.7 cm³/mol. The molecule has 0 aliphatic rings. The van der Waals surface area contributed by atoms with Gasteiger partial charge >= 0.3 is 0 Å². The van der Waals surface area contributed by atoms with Crippen LogP contribution in [0.2, 0.25) is 5.02 Å². The van der Waals surface area contributed by atoms with Gasteiger partial charge in [0, 0.05) is 6.54 Å². The second-order valence-corrected chi connectivity index (χ2v) is 3.62. The number of hydrogen-bond acceptors (Lipinski definition) is 3. The zero-order valence-corrected chi connectivity index (χ0v) is 8.97. The van der Waals surface area contributed by atoms with E-state index in [1.54, 1.807) is 20.0 Å². The van der Waals surface area contributed by atoms with E-state index < -0.39 is 6.10 Å². The standard InChI is InChI=1S/C10H14ClNO2/c1-6-3-7(9(14)5-12-2)4-8(13)10(6)11/h3-4,9,12-14H,5H2,1-2H3. The van der Waals surface area contributed by atoms with Crippen LogP contribution >= 0.6 is 11.6 Å². The summed E-state index contributed by atoms with van der Waals surface area (Å²) in [4.78, 5) is 0. The zero-order chi connectivity index (χ0) is 10.7. The smallest absolute Gasteiger partial charge is 0.134 e. The van der Waals surface area contributed by atoms with Crippen molar-refractivity contribution in [1.82, 2.24) is 5.32 Å². The Balaban J connectivity index is 3.00. The van der Waals surface area contributed by atoms with Crippen molar-refractivity contribution in [3.8, 4) is 5.75 Å². The predicted octanol–water partition coefficient (Wildman–Crippen LogP) is 1.61. The summed E-state index contributed by atoms with van der Waals surface area (Å²) in [5, 5.41) is 22.3. The first-order chi connectivity index (χ1) is 6.56. The molecule has 0 heterocycles. The van der Waals surface area contributed by atoms with E-state index >= 15 is 0 Å². The molecule has 0 amide bonds. The van der Waals surface area contributed by atoms with Crippen LogP contribution in [0.25, 0.3) is 0 Å². The molecule has 1 rings (SSSR count). The number of aryl methyl sites for hydroxylation is 1. The highest BCUT2D eigenvalue weighted by Gasteiger charge is 2.10. The van der Waals surface area contributed by atoms with E-state index in [0.29, 0.717) is 17.1 Å². The van der Waals surface area contributed by atoms with Crippen LogP contribution in [0.4, 0.5) is 0 Å². The van der Waals surface area contributed by atoms with Crippen molar-refractivity contribution < 1.29 is 10.2 Å². The summed E-state index contributed by atoms with van der Waals surface area (Å²) >= 11 is 5.78. The number of aliphatic hydroxyl groups excluding tert-OH is 1. The van der Waals surface area contributed by atoms with E-state index in [1.165, 1.54) is 6.07 Å². The molecule has 78 valence electrons. The average molecular weight is 216 g/mol. The second-order valence-electron chi connectivity index (χ2n) is 3.24. The van der Waals surface area contributed by atoms with Gasteiger partial charge in [0.15, 0.2) is 0 Å². The van der Waals surface area contributed by atoms with Gasteiger partial charge < -0.3 is 15.5 Å². The van der Waals surface area contributed by atoms with Gasteiger partial charge in [0.2, 0.25) is 0 Å². The fraction of sp³-hybridized carbons (Fsp3) is 0.400. The van der Waals surface area contributed by atoms with Gasteiger partial charge in [-0.1, -0.05) is 17.7 Å². The van der Waals surface area contributed by atoms with E-state index in [1.807, 2.05) is 0 Å². The number of hydrogen-bond donors (Lipinski definition) is 3. The summed E-state index contributed by atoms with van der Waals surface area (Å²) in [7, 11) is 1.76. The molecule has 0 spiro atoms. The Bertz CT molecular complexity index is 305. The van der Waals surface area contributed by atoms with E-state index in [2.05, 4.69) is 5.32 Å². The number of phenols is 1. The Hall–Kier alpha value is -0.770. The molecule has 1 aromatic rings. The highest BCUT2D eigenvalue weighted by molar-refractivity contribution is 6.32. The maximum atomic E-state index is 9.64. The lowest BCUT2D eigenvalue weighted by atomic mass is 10.1. The summed E-state index contributed by atoms with van der Waals surface area (Å²) < 4.78 is 0. The van der Waals surface area contributed by atoms with Crippen molar-refractivity contribution in [2.45, 2.75) is 13.0 Å². The van der Waals surface area contributed by atoms with Crippen LogP contribution in [0.1, 0.15) is 17.2 Å². The third-order valence-electron chi connectivity index (χ3n) is 2.04. The molecule has 0 bridgehead atoms. The fourth-order valence-electron chi connectivity index (χ4n) is 1.28. The summed E-state index contributed by atoms with van der Waals surface area (Å²) in [5.74, 6) is 0.0109. The van der Waals surface area contributed by atoms with Gasteiger partial charge in [0.1, 0.15) is 5.75 Å². The number of rotatable bonds is 3.